The van der Waals surface area contributed by atoms with Gasteiger partial charge in [-0.05, 0) is 53.2 Å². The van der Waals surface area contributed by atoms with Crippen molar-refractivity contribution in [3.05, 3.63) is 49.6 Å². The van der Waals surface area contributed by atoms with E-state index in [1.165, 1.54) is 11.3 Å². The zero-order chi connectivity index (χ0) is 18.7. The Hall–Kier alpha value is -1.90. The van der Waals surface area contributed by atoms with E-state index in [4.69, 9.17) is 9.47 Å². The predicted molar refractivity (Wildman–Crippen MR) is 109 cm³/mol. The standard InChI is InChI=1S/C18H17BrN2O3S2/c1-10-16(17(22)20-9-12-5-7-15(19)25-12)26-18(21-10)11-4-6-13(23-2)14(8-11)24-3/h4-8H,9H2,1-3H3,(H,20,22). The minimum absolute atomic E-state index is 0.115. The summed E-state index contributed by atoms with van der Waals surface area (Å²) >= 11 is 6.40. The van der Waals surface area contributed by atoms with Crippen molar-refractivity contribution in [2.75, 3.05) is 14.2 Å². The van der Waals surface area contributed by atoms with E-state index in [0.717, 1.165) is 19.2 Å². The van der Waals surface area contributed by atoms with E-state index >= 15 is 0 Å². The van der Waals surface area contributed by atoms with Crippen molar-refractivity contribution in [3.63, 3.8) is 0 Å². The molecular formula is C18H17BrN2O3S2. The molecule has 0 radical (unpaired) electrons. The van der Waals surface area contributed by atoms with Crippen molar-refractivity contribution in [1.82, 2.24) is 10.3 Å². The molecule has 3 rings (SSSR count). The lowest BCUT2D eigenvalue weighted by molar-refractivity contribution is 0.0954. The molecule has 26 heavy (non-hydrogen) atoms. The van der Waals surface area contributed by atoms with Crippen LogP contribution in [0.5, 0.6) is 11.5 Å². The maximum absolute atomic E-state index is 12.5. The maximum Gasteiger partial charge on any atom is 0.263 e. The Balaban J connectivity index is 1.79. The first kappa shape index (κ1) is 18.9. The van der Waals surface area contributed by atoms with E-state index in [2.05, 4.69) is 26.2 Å². The molecule has 1 aromatic carbocycles. The third-order valence-electron chi connectivity index (χ3n) is 3.69. The van der Waals surface area contributed by atoms with Crippen LogP contribution in [0.15, 0.2) is 34.1 Å². The number of hydrogen-bond donors (Lipinski definition) is 1. The number of aromatic nitrogens is 1. The van der Waals surface area contributed by atoms with Gasteiger partial charge >= 0.3 is 0 Å². The molecule has 0 fully saturated rings. The fourth-order valence-corrected chi connectivity index (χ4v) is 4.80. The minimum atomic E-state index is -0.115. The molecule has 0 unspecified atom stereocenters. The van der Waals surface area contributed by atoms with Crippen LogP contribution >= 0.6 is 38.6 Å². The molecule has 0 aliphatic rings. The lowest BCUT2D eigenvalue weighted by atomic mass is 10.2. The van der Waals surface area contributed by atoms with Gasteiger partial charge in [0.1, 0.15) is 9.88 Å². The summed E-state index contributed by atoms with van der Waals surface area (Å²) in [5.74, 6) is 1.17. The molecule has 0 atom stereocenters. The van der Waals surface area contributed by atoms with Gasteiger partial charge in [0.15, 0.2) is 11.5 Å². The quantitative estimate of drug-likeness (QED) is 0.578. The van der Waals surface area contributed by atoms with Crippen molar-refractivity contribution >= 4 is 44.5 Å². The van der Waals surface area contributed by atoms with Crippen LogP contribution in [0.2, 0.25) is 0 Å². The number of amides is 1. The molecule has 3 aromatic rings. The molecule has 5 nitrogen and oxygen atoms in total. The van der Waals surface area contributed by atoms with Gasteiger partial charge in [0.05, 0.1) is 30.2 Å². The Kier molecular flexibility index (Phi) is 5.95. The van der Waals surface area contributed by atoms with E-state index < -0.39 is 0 Å². The number of thiophene rings is 1. The molecule has 2 heterocycles. The number of ether oxygens (including phenoxy) is 2. The van der Waals surface area contributed by atoms with Gasteiger partial charge in [-0.25, -0.2) is 4.98 Å². The lowest BCUT2D eigenvalue weighted by Crippen LogP contribution is -2.22. The molecule has 0 aliphatic carbocycles. The highest BCUT2D eigenvalue weighted by atomic mass is 79.9. The van der Waals surface area contributed by atoms with Crippen molar-refractivity contribution in [1.29, 1.82) is 0 Å². The van der Waals surface area contributed by atoms with Crippen molar-refractivity contribution in [2.45, 2.75) is 13.5 Å². The van der Waals surface area contributed by atoms with E-state index in [-0.39, 0.29) is 5.91 Å². The van der Waals surface area contributed by atoms with Gasteiger partial charge in [-0.15, -0.1) is 22.7 Å². The largest absolute Gasteiger partial charge is 0.493 e. The molecule has 2 aromatic heterocycles. The summed E-state index contributed by atoms with van der Waals surface area (Å²) in [6.45, 7) is 2.34. The molecule has 0 bridgehead atoms. The van der Waals surface area contributed by atoms with Crippen molar-refractivity contribution in [2.24, 2.45) is 0 Å². The molecule has 0 spiro atoms. The third-order valence-corrected chi connectivity index (χ3v) is 6.51. The Morgan fingerprint density at radius 2 is 1.92 bits per heavy atom. The van der Waals surface area contributed by atoms with Crippen LogP contribution < -0.4 is 14.8 Å². The van der Waals surface area contributed by atoms with E-state index in [9.17, 15) is 4.79 Å². The van der Waals surface area contributed by atoms with Gasteiger partial charge in [-0.1, -0.05) is 0 Å². The summed E-state index contributed by atoms with van der Waals surface area (Å²) < 4.78 is 11.7. The van der Waals surface area contributed by atoms with Crippen LogP contribution in [-0.4, -0.2) is 25.1 Å². The summed E-state index contributed by atoms with van der Waals surface area (Å²) in [7, 11) is 3.19. The predicted octanol–water partition coefficient (Wildman–Crippen LogP) is 4.89. The molecule has 0 saturated heterocycles. The van der Waals surface area contributed by atoms with Crippen LogP contribution in [0.3, 0.4) is 0 Å². The topological polar surface area (TPSA) is 60.5 Å². The van der Waals surface area contributed by atoms with Gasteiger partial charge in [0, 0.05) is 10.4 Å². The highest BCUT2D eigenvalue weighted by molar-refractivity contribution is 9.11. The van der Waals surface area contributed by atoms with Gasteiger partial charge in [0.25, 0.3) is 5.91 Å². The first-order valence-electron chi connectivity index (χ1n) is 7.74. The molecule has 136 valence electrons. The molecule has 1 amide bonds. The van der Waals surface area contributed by atoms with E-state index in [1.807, 2.05) is 37.3 Å². The average Bonchev–Trinajstić information content (AvgIpc) is 3.24. The molecule has 0 aliphatic heterocycles. The summed E-state index contributed by atoms with van der Waals surface area (Å²) in [5.41, 5.74) is 1.60. The first-order chi connectivity index (χ1) is 12.5. The van der Waals surface area contributed by atoms with Crippen LogP contribution in [-0.2, 0) is 6.54 Å². The highest BCUT2D eigenvalue weighted by Gasteiger charge is 2.17. The minimum Gasteiger partial charge on any atom is -0.493 e. The van der Waals surface area contributed by atoms with Crippen LogP contribution in [0.4, 0.5) is 0 Å². The normalized spacial score (nSPS) is 10.6. The first-order valence-corrected chi connectivity index (χ1v) is 10.2. The van der Waals surface area contributed by atoms with Gasteiger partial charge in [0.2, 0.25) is 0 Å². The SMILES string of the molecule is COc1ccc(-c2nc(C)c(C(=O)NCc3ccc(Br)s3)s2)cc1OC. The number of nitrogens with zero attached hydrogens (tertiary/aromatic N) is 1. The fourth-order valence-electron chi connectivity index (χ4n) is 2.39. The monoisotopic (exact) mass is 452 g/mol. The summed E-state index contributed by atoms with van der Waals surface area (Å²) in [5, 5.41) is 3.72. The van der Waals surface area contributed by atoms with Gasteiger partial charge < -0.3 is 14.8 Å². The summed E-state index contributed by atoms with van der Waals surface area (Å²) in [6, 6.07) is 9.56. The van der Waals surface area contributed by atoms with E-state index in [1.54, 1.807) is 25.6 Å². The Morgan fingerprint density at radius 1 is 1.15 bits per heavy atom. The second-order valence-corrected chi connectivity index (χ2v) is 8.94. The number of carbonyl (C=O) groups is 1. The van der Waals surface area contributed by atoms with Crippen LogP contribution in [0, 0.1) is 6.92 Å². The van der Waals surface area contributed by atoms with Gasteiger partial charge in [-0.3, -0.25) is 4.79 Å². The molecular weight excluding hydrogens is 436 g/mol. The zero-order valence-corrected chi connectivity index (χ0v) is 17.7. The second kappa shape index (κ2) is 8.20. The molecule has 8 heteroatoms. The Labute approximate surface area is 168 Å². The van der Waals surface area contributed by atoms with Gasteiger partial charge in [-0.2, -0.15) is 0 Å². The number of methoxy groups -OCH3 is 2. The lowest BCUT2D eigenvalue weighted by Gasteiger charge is -2.08. The smallest absolute Gasteiger partial charge is 0.263 e. The molecule has 0 saturated carbocycles. The number of thiazole rings is 1. The van der Waals surface area contributed by atoms with Crippen molar-refractivity contribution < 1.29 is 14.3 Å². The number of nitrogens with one attached hydrogen (secondary N) is 1. The molecule has 1 N–H and O–H groups in total. The van der Waals surface area contributed by atoms with Crippen LogP contribution in [0.25, 0.3) is 10.6 Å². The number of rotatable bonds is 6. The summed E-state index contributed by atoms with van der Waals surface area (Å²) in [6.07, 6.45) is 0. The average molecular weight is 453 g/mol. The Bertz CT molecular complexity index is 936. The van der Waals surface area contributed by atoms with Crippen LogP contribution in [0.1, 0.15) is 20.2 Å². The number of halogens is 1. The second-order valence-electron chi connectivity index (χ2n) is 5.39. The van der Waals surface area contributed by atoms with Crippen molar-refractivity contribution in [3.8, 4) is 22.1 Å². The highest BCUT2D eigenvalue weighted by Crippen LogP contribution is 2.35. The summed E-state index contributed by atoms with van der Waals surface area (Å²) in [4.78, 5) is 18.8. The number of benzene rings is 1. The third kappa shape index (κ3) is 4.08. The zero-order valence-electron chi connectivity index (χ0n) is 14.5. The Morgan fingerprint density at radius 3 is 2.58 bits per heavy atom. The number of carbonyl (C=O) groups excluding carboxylic acids is 1. The maximum atomic E-state index is 12.5. The number of hydrogen-bond acceptors (Lipinski definition) is 6. The number of aryl methyl sites for hydroxylation is 1. The van der Waals surface area contributed by atoms with E-state index in [0.29, 0.717) is 28.6 Å². The fraction of sp³-hybridized carbons (Fsp3) is 0.222.